The molecule has 2 atom stereocenters. The number of aliphatic hydroxyl groups is 1. The van der Waals surface area contributed by atoms with Crippen LogP contribution < -0.4 is 4.74 Å². The monoisotopic (exact) mass is 497 g/mol. The van der Waals surface area contributed by atoms with E-state index in [0.717, 1.165) is 36.3 Å². The summed E-state index contributed by atoms with van der Waals surface area (Å²) in [5, 5.41) is 15.5. The standard InChI is InChI=1S/C28H36FN3O4/c1-20(2)35-19-22(33)16-32(17-23-12-9-15-34-23)18-24-27(21-10-5-4-6-11-21)30-31(3)28(24)36-26-14-8-7-13-25(26)29/h4-8,10-11,13-14,20,22-23,33H,9,12,15-19H2,1-3H3/t22-,23+/m0/s1. The first-order valence-electron chi connectivity index (χ1n) is 12.6. The van der Waals surface area contributed by atoms with Gasteiger partial charge in [0.1, 0.15) is 5.69 Å². The van der Waals surface area contributed by atoms with Crippen LogP contribution in [0.4, 0.5) is 4.39 Å². The molecule has 8 heteroatoms. The van der Waals surface area contributed by atoms with Crippen molar-refractivity contribution in [2.75, 3.05) is 26.3 Å². The molecule has 0 saturated carbocycles. The van der Waals surface area contributed by atoms with Crippen LogP contribution in [-0.4, -0.2) is 64.4 Å². The fourth-order valence-electron chi connectivity index (χ4n) is 4.44. The largest absolute Gasteiger partial charge is 0.436 e. The first-order valence-corrected chi connectivity index (χ1v) is 12.6. The smallest absolute Gasteiger partial charge is 0.222 e. The lowest BCUT2D eigenvalue weighted by Gasteiger charge is -2.28. The Morgan fingerprint density at radius 2 is 1.92 bits per heavy atom. The molecule has 1 N–H and O–H groups in total. The lowest BCUT2D eigenvalue weighted by Crippen LogP contribution is -2.39. The number of rotatable bonds is 12. The second kappa shape index (κ2) is 12.5. The Bertz CT molecular complexity index is 1100. The molecule has 7 nitrogen and oxygen atoms in total. The summed E-state index contributed by atoms with van der Waals surface area (Å²) in [7, 11) is 1.79. The lowest BCUT2D eigenvalue weighted by molar-refractivity contribution is -0.0172. The molecule has 1 saturated heterocycles. The molecule has 2 aromatic carbocycles. The van der Waals surface area contributed by atoms with E-state index in [1.54, 1.807) is 29.9 Å². The van der Waals surface area contributed by atoms with Crippen molar-refractivity contribution in [2.45, 2.75) is 51.5 Å². The third-order valence-electron chi connectivity index (χ3n) is 6.14. The van der Waals surface area contributed by atoms with Crippen molar-refractivity contribution in [3.63, 3.8) is 0 Å². The van der Waals surface area contributed by atoms with E-state index in [2.05, 4.69) is 4.90 Å². The van der Waals surface area contributed by atoms with E-state index in [9.17, 15) is 9.50 Å². The molecule has 1 aliphatic heterocycles. The van der Waals surface area contributed by atoms with Gasteiger partial charge in [-0.05, 0) is 38.8 Å². The van der Waals surface area contributed by atoms with Crippen LogP contribution in [0.3, 0.4) is 0 Å². The Labute approximate surface area is 212 Å². The van der Waals surface area contributed by atoms with Gasteiger partial charge in [0.2, 0.25) is 5.88 Å². The van der Waals surface area contributed by atoms with Crippen LogP contribution in [-0.2, 0) is 23.1 Å². The molecule has 2 heterocycles. The lowest BCUT2D eigenvalue weighted by atomic mass is 10.1. The van der Waals surface area contributed by atoms with Gasteiger partial charge in [-0.2, -0.15) is 5.10 Å². The molecule has 1 aliphatic rings. The summed E-state index contributed by atoms with van der Waals surface area (Å²) in [6, 6.07) is 16.2. The highest BCUT2D eigenvalue weighted by atomic mass is 19.1. The van der Waals surface area contributed by atoms with Crippen molar-refractivity contribution in [3.05, 3.63) is 66.0 Å². The van der Waals surface area contributed by atoms with E-state index in [1.165, 1.54) is 6.07 Å². The van der Waals surface area contributed by atoms with Crippen LogP contribution in [0.5, 0.6) is 11.6 Å². The molecule has 1 fully saturated rings. The third kappa shape index (κ3) is 6.91. The number of nitrogens with zero attached hydrogens (tertiary/aromatic N) is 3. The predicted molar refractivity (Wildman–Crippen MR) is 136 cm³/mol. The second-order valence-corrected chi connectivity index (χ2v) is 9.52. The average Bonchev–Trinajstić information content (AvgIpc) is 3.48. The number of ether oxygens (including phenoxy) is 3. The van der Waals surface area contributed by atoms with Crippen molar-refractivity contribution in [1.29, 1.82) is 0 Å². The molecular weight excluding hydrogens is 461 g/mol. The maximum Gasteiger partial charge on any atom is 0.222 e. The Hall–Kier alpha value is -2.78. The molecule has 0 amide bonds. The molecule has 1 aromatic heterocycles. The second-order valence-electron chi connectivity index (χ2n) is 9.52. The van der Waals surface area contributed by atoms with Crippen LogP contribution in [0.1, 0.15) is 32.3 Å². The van der Waals surface area contributed by atoms with Crippen molar-refractivity contribution in [2.24, 2.45) is 7.05 Å². The quantitative estimate of drug-likeness (QED) is 0.388. The molecule has 0 aliphatic carbocycles. The molecule has 3 aromatic rings. The van der Waals surface area contributed by atoms with Gasteiger partial charge in [-0.25, -0.2) is 9.07 Å². The van der Waals surface area contributed by atoms with Crippen LogP contribution >= 0.6 is 0 Å². The van der Waals surface area contributed by atoms with Gasteiger partial charge in [-0.3, -0.25) is 4.90 Å². The van der Waals surface area contributed by atoms with Crippen molar-refractivity contribution >= 4 is 0 Å². The minimum Gasteiger partial charge on any atom is -0.436 e. The van der Waals surface area contributed by atoms with Crippen molar-refractivity contribution < 1.29 is 23.7 Å². The minimum absolute atomic E-state index is 0.0371. The van der Waals surface area contributed by atoms with Crippen LogP contribution in [0.15, 0.2) is 54.6 Å². The fraction of sp³-hybridized carbons (Fsp3) is 0.464. The van der Waals surface area contributed by atoms with Gasteiger partial charge in [0.05, 0.1) is 30.5 Å². The highest BCUT2D eigenvalue weighted by molar-refractivity contribution is 5.65. The number of benzene rings is 2. The topological polar surface area (TPSA) is 69.0 Å². The molecule has 0 spiro atoms. The zero-order chi connectivity index (χ0) is 25.5. The van der Waals surface area contributed by atoms with E-state index in [4.69, 9.17) is 19.3 Å². The zero-order valence-corrected chi connectivity index (χ0v) is 21.3. The Balaban J connectivity index is 1.67. The molecule has 194 valence electrons. The minimum atomic E-state index is -0.665. The van der Waals surface area contributed by atoms with Crippen LogP contribution in [0.2, 0.25) is 0 Å². The summed E-state index contributed by atoms with van der Waals surface area (Å²) in [6.07, 6.45) is 1.47. The highest BCUT2D eigenvalue weighted by Crippen LogP contribution is 2.35. The highest BCUT2D eigenvalue weighted by Gasteiger charge is 2.27. The molecule has 4 rings (SSSR count). The van der Waals surface area contributed by atoms with E-state index in [-0.39, 0.29) is 24.6 Å². The number of hydrogen-bond donors (Lipinski definition) is 1. The van der Waals surface area contributed by atoms with Gasteiger partial charge in [-0.1, -0.05) is 42.5 Å². The normalized spacial score (nSPS) is 16.7. The van der Waals surface area contributed by atoms with Crippen molar-refractivity contribution in [3.8, 4) is 22.9 Å². The first-order chi connectivity index (χ1) is 17.4. The van der Waals surface area contributed by atoms with E-state index in [1.807, 2.05) is 44.2 Å². The predicted octanol–water partition coefficient (Wildman–Crippen LogP) is 4.79. The summed E-state index contributed by atoms with van der Waals surface area (Å²) >= 11 is 0. The number of halogens is 1. The van der Waals surface area contributed by atoms with E-state index in [0.29, 0.717) is 25.5 Å². The zero-order valence-electron chi connectivity index (χ0n) is 21.3. The summed E-state index contributed by atoms with van der Waals surface area (Å²) in [4.78, 5) is 2.15. The maximum atomic E-state index is 14.5. The van der Waals surface area contributed by atoms with Crippen LogP contribution in [0, 0.1) is 5.82 Å². The number of aryl methyl sites for hydroxylation is 1. The molecule has 0 unspecified atom stereocenters. The molecule has 0 bridgehead atoms. The summed E-state index contributed by atoms with van der Waals surface area (Å²) in [5.41, 5.74) is 2.52. The SMILES string of the molecule is CC(C)OC[C@@H](O)CN(Cc1c(-c2ccccc2)nn(C)c1Oc1ccccc1F)C[C@H]1CCCO1. The van der Waals surface area contributed by atoms with Crippen LogP contribution in [0.25, 0.3) is 11.3 Å². The summed E-state index contributed by atoms with van der Waals surface area (Å²) in [6.45, 7) is 6.39. The summed E-state index contributed by atoms with van der Waals surface area (Å²) in [5.74, 6) is 0.157. The average molecular weight is 498 g/mol. The number of para-hydroxylation sites is 1. The Morgan fingerprint density at radius 1 is 1.17 bits per heavy atom. The fourth-order valence-corrected chi connectivity index (χ4v) is 4.44. The van der Waals surface area contributed by atoms with Crippen molar-refractivity contribution in [1.82, 2.24) is 14.7 Å². The molecule has 0 radical (unpaired) electrons. The van der Waals surface area contributed by atoms with Gasteiger partial charge in [0.25, 0.3) is 0 Å². The van der Waals surface area contributed by atoms with Gasteiger partial charge in [0, 0.05) is 38.9 Å². The number of aromatic nitrogens is 2. The maximum absolute atomic E-state index is 14.5. The van der Waals surface area contributed by atoms with Gasteiger partial charge < -0.3 is 19.3 Å². The Kier molecular flexibility index (Phi) is 9.09. The third-order valence-corrected chi connectivity index (χ3v) is 6.14. The first kappa shape index (κ1) is 26.3. The van der Waals surface area contributed by atoms with Gasteiger partial charge in [0.15, 0.2) is 11.6 Å². The van der Waals surface area contributed by atoms with Gasteiger partial charge >= 0.3 is 0 Å². The number of hydrogen-bond acceptors (Lipinski definition) is 6. The summed E-state index contributed by atoms with van der Waals surface area (Å²) < 4.78 is 33.8. The van der Waals surface area contributed by atoms with E-state index < -0.39 is 11.9 Å². The van der Waals surface area contributed by atoms with E-state index >= 15 is 0 Å². The molecular formula is C28H36FN3O4. The number of aliphatic hydroxyl groups excluding tert-OH is 1. The van der Waals surface area contributed by atoms with Gasteiger partial charge in [-0.15, -0.1) is 0 Å². The Morgan fingerprint density at radius 3 is 2.61 bits per heavy atom. The molecule has 36 heavy (non-hydrogen) atoms.